The van der Waals surface area contributed by atoms with Crippen LogP contribution in [0.4, 0.5) is 0 Å². The van der Waals surface area contributed by atoms with E-state index >= 15 is 0 Å². The molecule has 0 spiro atoms. The zero-order valence-electron chi connectivity index (χ0n) is 12.7. The van der Waals surface area contributed by atoms with Crippen molar-refractivity contribution in [3.05, 3.63) is 42.5 Å². The van der Waals surface area contributed by atoms with Crippen LogP contribution in [-0.2, 0) is 4.74 Å². The first kappa shape index (κ1) is 14.5. The second-order valence-corrected chi connectivity index (χ2v) is 11.6. The van der Waals surface area contributed by atoms with Crippen LogP contribution in [0, 0.1) is 0 Å². The number of ether oxygens (including phenoxy) is 1. The van der Waals surface area contributed by atoms with E-state index in [4.69, 9.17) is 4.74 Å². The standard InChI is InChI=1S/C17H26OSi/c1-14(11-12-16-17(2,3)18-16)13-19(4,5)15-9-7-6-8-10-15/h6-10,16H,1,11-13H2,2-5H3. The number of benzene rings is 1. The molecule has 1 aromatic rings. The molecule has 1 fully saturated rings. The van der Waals surface area contributed by atoms with Gasteiger partial charge in [-0.05, 0) is 32.7 Å². The molecule has 1 nitrogen and oxygen atoms in total. The topological polar surface area (TPSA) is 12.5 Å². The fourth-order valence-electron chi connectivity index (χ4n) is 2.78. The quantitative estimate of drug-likeness (QED) is 0.432. The van der Waals surface area contributed by atoms with Crippen molar-refractivity contribution >= 4 is 13.3 Å². The van der Waals surface area contributed by atoms with Crippen LogP contribution in [0.2, 0.25) is 19.1 Å². The molecule has 1 heterocycles. The van der Waals surface area contributed by atoms with E-state index in [1.165, 1.54) is 16.8 Å². The Morgan fingerprint density at radius 3 is 2.37 bits per heavy atom. The van der Waals surface area contributed by atoms with Gasteiger partial charge in [-0.15, -0.1) is 6.58 Å². The Morgan fingerprint density at radius 2 is 1.84 bits per heavy atom. The molecule has 104 valence electrons. The number of hydrogen-bond donors (Lipinski definition) is 0. The van der Waals surface area contributed by atoms with Crippen molar-refractivity contribution in [1.29, 1.82) is 0 Å². The first-order valence-corrected chi connectivity index (χ1v) is 10.4. The van der Waals surface area contributed by atoms with Crippen LogP contribution in [0.1, 0.15) is 26.7 Å². The molecular weight excluding hydrogens is 248 g/mol. The summed E-state index contributed by atoms with van der Waals surface area (Å²) in [5, 5.41) is 1.53. The summed E-state index contributed by atoms with van der Waals surface area (Å²) in [5.74, 6) is 0. The molecule has 1 saturated heterocycles. The zero-order valence-corrected chi connectivity index (χ0v) is 13.7. The highest BCUT2D eigenvalue weighted by Crippen LogP contribution is 2.39. The van der Waals surface area contributed by atoms with Gasteiger partial charge in [0.1, 0.15) is 0 Å². The van der Waals surface area contributed by atoms with E-state index in [0.717, 1.165) is 12.8 Å². The highest BCUT2D eigenvalue weighted by Gasteiger charge is 2.46. The highest BCUT2D eigenvalue weighted by molar-refractivity contribution is 6.90. The monoisotopic (exact) mass is 274 g/mol. The molecule has 1 aliphatic heterocycles. The van der Waals surface area contributed by atoms with E-state index in [1.807, 2.05) is 0 Å². The zero-order chi connectivity index (χ0) is 14.1. The van der Waals surface area contributed by atoms with Crippen molar-refractivity contribution in [2.75, 3.05) is 0 Å². The van der Waals surface area contributed by atoms with Gasteiger partial charge in [-0.2, -0.15) is 0 Å². The van der Waals surface area contributed by atoms with Crippen molar-refractivity contribution < 1.29 is 4.74 Å². The van der Waals surface area contributed by atoms with Gasteiger partial charge in [-0.3, -0.25) is 0 Å². The molecular formula is C17H26OSi. The fraction of sp³-hybridized carbons (Fsp3) is 0.529. The minimum Gasteiger partial charge on any atom is -0.367 e. The summed E-state index contributed by atoms with van der Waals surface area (Å²) in [4.78, 5) is 0. The molecule has 0 bridgehead atoms. The van der Waals surface area contributed by atoms with E-state index in [9.17, 15) is 0 Å². The summed E-state index contributed by atoms with van der Waals surface area (Å²) < 4.78 is 5.64. The summed E-state index contributed by atoms with van der Waals surface area (Å²) in [5.41, 5.74) is 1.51. The first-order chi connectivity index (χ1) is 8.81. The third-order valence-corrected chi connectivity index (χ3v) is 7.45. The van der Waals surface area contributed by atoms with Gasteiger partial charge in [0.05, 0.1) is 19.8 Å². The van der Waals surface area contributed by atoms with E-state index in [0.29, 0.717) is 6.10 Å². The normalized spacial score (nSPS) is 21.2. The molecule has 2 rings (SSSR count). The van der Waals surface area contributed by atoms with Crippen LogP contribution in [0.15, 0.2) is 42.5 Å². The van der Waals surface area contributed by atoms with Crippen LogP contribution in [0.5, 0.6) is 0 Å². The molecule has 1 atom stereocenters. The molecule has 0 aromatic heterocycles. The van der Waals surface area contributed by atoms with Crippen LogP contribution in [0.3, 0.4) is 0 Å². The number of allylic oxidation sites excluding steroid dienone is 1. The van der Waals surface area contributed by atoms with Crippen molar-refractivity contribution in [2.45, 2.75) is 57.5 Å². The Hall–Kier alpha value is -0.863. The number of rotatable bonds is 6. The smallest absolute Gasteiger partial charge is 0.0892 e. The number of epoxide rings is 1. The predicted octanol–water partition coefficient (Wildman–Crippen LogP) is 4.12. The van der Waals surface area contributed by atoms with Crippen molar-refractivity contribution in [3.8, 4) is 0 Å². The fourth-order valence-corrected chi connectivity index (χ4v) is 5.50. The Labute approximate surface area is 118 Å². The summed E-state index contributed by atoms with van der Waals surface area (Å²) >= 11 is 0. The molecule has 0 N–H and O–H groups in total. The third kappa shape index (κ3) is 3.80. The van der Waals surface area contributed by atoms with Gasteiger partial charge in [0, 0.05) is 0 Å². The Bertz CT molecular complexity index is 448. The molecule has 19 heavy (non-hydrogen) atoms. The van der Waals surface area contributed by atoms with Gasteiger partial charge in [-0.25, -0.2) is 0 Å². The van der Waals surface area contributed by atoms with Crippen molar-refractivity contribution in [3.63, 3.8) is 0 Å². The number of hydrogen-bond acceptors (Lipinski definition) is 1. The second kappa shape index (κ2) is 5.26. The minimum absolute atomic E-state index is 0.118. The van der Waals surface area contributed by atoms with Crippen LogP contribution < -0.4 is 5.19 Å². The van der Waals surface area contributed by atoms with Gasteiger partial charge in [0.25, 0.3) is 0 Å². The average Bonchev–Trinajstić information content (AvgIpc) is 2.95. The third-order valence-electron chi connectivity index (χ3n) is 4.17. The summed E-state index contributed by atoms with van der Waals surface area (Å²) in [7, 11) is -1.37. The van der Waals surface area contributed by atoms with Crippen molar-refractivity contribution in [1.82, 2.24) is 0 Å². The lowest BCUT2D eigenvalue weighted by molar-refractivity contribution is 0.320. The molecule has 1 aromatic carbocycles. The van der Waals surface area contributed by atoms with Gasteiger partial charge in [0.15, 0.2) is 0 Å². The van der Waals surface area contributed by atoms with E-state index in [2.05, 4.69) is 63.9 Å². The van der Waals surface area contributed by atoms with Crippen molar-refractivity contribution in [2.24, 2.45) is 0 Å². The van der Waals surface area contributed by atoms with Crippen LogP contribution >= 0.6 is 0 Å². The molecule has 0 amide bonds. The van der Waals surface area contributed by atoms with Gasteiger partial charge < -0.3 is 4.74 Å². The van der Waals surface area contributed by atoms with Gasteiger partial charge >= 0.3 is 0 Å². The van der Waals surface area contributed by atoms with Crippen LogP contribution in [-0.4, -0.2) is 19.8 Å². The van der Waals surface area contributed by atoms with Gasteiger partial charge in [-0.1, -0.05) is 54.2 Å². The van der Waals surface area contributed by atoms with E-state index in [1.54, 1.807) is 0 Å². The van der Waals surface area contributed by atoms with Gasteiger partial charge in [0.2, 0.25) is 0 Å². The molecule has 0 aliphatic carbocycles. The van der Waals surface area contributed by atoms with E-state index < -0.39 is 8.07 Å². The Balaban J connectivity index is 1.84. The maximum absolute atomic E-state index is 5.64. The summed E-state index contributed by atoms with van der Waals surface area (Å²) in [6.45, 7) is 13.5. The van der Waals surface area contributed by atoms with E-state index in [-0.39, 0.29) is 5.60 Å². The molecule has 0 radical (unpaired) electrons. The SMILES string of the molecule is C=C(CCC1OC1(C)C)C[Si](C)(C)c1ccccc1. The Morgan fingerprint density at radius 1 is 1.26 bits per heavy atom. The molecule has 1 unspecified atom stereocenters. The molecule has 2 heteroatoms. The maximum Gasteiger partial charge on any atom is 0.0892 e. The minimum atomic E-state index is -1.37. The summed E-state index contributed by atoms with van der Waals surface area (Å²) in [6.07, 6.45) is 2.69. The second-order valence-electron chi connectivity index (χ2n) is 6.93. The van der Waals surface area contributed by atoms with Crippen LogP contribution in [0.25, 0.3) is 0 Å². The lowest BCUT2D eigenvalue weighted by Crippen LogP contribution is -2.41. The lowest BCUT2D eigenvalue weighted by atomic mass is 10.0. The maximum atomic E-state index is 5.64. The summed E-state index contributed by atoms with van der Waals surface area (Å²) in [6, 6.07) is 12.1. The lowest BCUT2D eigenvalue weighted by Gasteiger charge is -2.24. The first-order valence-electron chi connectivity index (χ1n) is 7.21. The Kier molecular flexibility index (Phi) is 4.02. The highest BCUT2D eigenvalue weighted by atomic mass is 28.3. The molecule has 1 aliphatic rings. The average molecular weight is 274 g/mol. The molecule has 0 saturated carbocycles. The predicted molar refractivity (Wildman–Crippen MR) is 85.7 cm³/mol. The largest absolute Gasteiger partial charge is 0.367 e.